The molecule has 2 heterocycles. The van der Waals surface area contributed by atoms with Gasteiger partial charge in [-0.2, -0.15) is 0 Å². The third-order valence-corrected chi connectivity index (χ3v) is 9.13. The highest BCUT2D eigenvalue weighted by Gasteiger charge is 2.37. The van der Waals surface area contributed by atoms with Crippen LogP contribution < -0.4 is 10.1 Å². The highest BCUT2D eigenvalue weighted by Crippen LogP contribution is 2.35. The van der Waals surface area contributed by atoms with Gasteiger partial charge in [-0.15, -0.1) is 5.10 Å². The zero-order valence-electron chi connectivity index (χ0n) is 20.1. The summed E-state index contributed by atoms with van der Waals surface area (Å²) in [5.74, 6) is -1.32. The molecule has 13 heteroatoms. The third kappa shape index (κ3) is 6.18. The van der Waals surface area contributed by atoms with Gasteiger partial charge in [-0.05, 0) is 72.9 Å². The van der Waals surface area contributed by atoms with Gasteiger partial charge in [-0.3, -0.25) is 10.1 Å². The fraction of sp³-hybridized carbons (Fsp3) is 0.360. The summed E-state index contributed by atoms with van der Waals surface area (Å²) in [5, 5.41) is 19.6. The number of anilines is 1. The Bertz CT molecular complexity index is 1410. The van der Waals surface area contributed by atoms with E-state index in [0.717, 1.165) is 11.3 Å². The average Bonchev–Trinajstić information content (AvgIpc) is 3.70. The molecule has 2 aromatic carbocycles. The zero-order valence-corrected chi connectivity index (χ0v) is 21.7. The van der Waals surface area contributed by atoms with Crippen molar-refractivity contribution >= 4 is 38.2 Å². The molecule has 1 saturated carbocycles. The summed E-state index contributed by atoms with van der Waals surface area (Å²) in [6, 6.07) is 12.1. The first-order chi connectivity index (χ1) is 18.3. The van der Waals surface area contributed by atoms with Crippen LogP contribution in [-0.2, 0) is 24.1 Å². The Morgan fingerprint density at radius 1 is 1.05 bits per heavy atom. The second kappa shape index (κ2) is 11.2. The molecule has 38 heavy (non-hydrogen) atoms. The molecular formula is C25H25N3O8S2. The second-order valence-electron chi connectivity index (χ2n) is 8.94. The first-order valence-electron chi connectivity index (χ1n) is 12.0. The molecular weight excluding hydrogens is 534 g/mol. The van der Waals surface area contributed by atoms with E-state index in [-0.39, 0.29) is 37.9 Å². The Morgan fingerprint density at radius 3 is 2.47 bits per heavy atom. The summed E-state index contributed by atoms with van der Waals surface area (Å²) in [6.07, 6.45) is 1.37. The third-order valence-electron chi connectivity index (χ3n) is 6.13. The van der Waals surface area contributed by atoms with Crippen molar-refractivity contribution in [3.8, 4) is 10.9 Å². The number of nitrogens with zero attached hydrogens (tertiary/aromatic N) is 2. The van der Waals surface area contributed by atoms with E-state index in [9.17, 15) is 18.0 Å². The van der Waals surface area contributed by atoms with Gasteiger partial charge < -0.3 is 19.3 Å². The van der Waals surface area contributed by atoms with Crippen LogP contribution in [0.2, 0.25) is 0 Å². The van der Waals surface area contributed by atoms with E-state index in [4.69, 9.17) is 19.3 Å². The molecule has 200 valence electrons. The highest BCUT2D eigenvalue weighted by molar-refractivity contribution is 7.92. The molecule has 1 atom stereocenters. The molecule has 1 aliphatic heterocycles. The smallest absolute Gasteiger partial charge is 0.335 e. The monoisotopic (exact) mass is 559 g/mol. The van der Waals surface area contributed by atoms with Crippen LogP contribution in [0.5, 0.6) is 10.9 Å². The van der Waals surface area contributed by atoms with Gasteiger partial charge in [-0.25, -0.2) is 13.2 Å². The SMILES string of the molecule is O=C(O)c1cccc(Oc2nnc(NC(=O)C(OC3CCOCC3)c3ccc(S(=O)(=O)C4CC4)cc3)s2)c1. The fourth-order valence-corrected chi connectivity index (χ4v) is 6.24. The lowest BCUT2D eigenvalue weighted by Crippen LogP contribution is -2.31. The van der Waals surface area contributed by atoms with Crippen molar-refractivity contribution in [1.82, 2.24) is 10.2 Å². The van der Waals surface area contributed by atoms with E-state index in [1.165, 1.54) is 24.3 Å². The molecule has 1 saturated heterocycles. The van der Waals surface area contributed by atoms with Gasteiger partial charge >= 0.3 is 11.2 Å². The number of aromatic carboxylic acids is 1. The predicted octanol–water partition coefficient (Wildman–Crippen LogP) is 3.84. The van der Waals surface area contributed by atoms with Crippen LogP contribution in [0.15, 0.2) is 53.4 Å². The number of hydrogen-bond donors (Lipinski definition) is 2. The summed E-state index contributed by atoms with van der Waals surface area (Å²) in [7, 11) is -3.36. The van der Waals surface area contributed by atoms with Crippen molar-refractivity contribution in [3.05, 3.63) is 59.7 Å². The summed E-state index contributed by atoms with van der Waals surface area (Å²) in [4.78, 5) is 24.7. The van der Waals surface area contributed by atoms with Crippen molar-refractivity contribution in [2.24, 2.45) is 0 Å². The minimum Gasteiger partial charge on any atom is -0.478 e. The number of carbonyl (C=O) groups is 2. The van der Waals surface area contributed by atoms with E-state index in [2.05, 4.69) is 15.5 Å². The number of sulfone groups is 1. The summed E-state index contributed by atoms with van der Waals surface area (Å²) < 4.78 is 42.3. The summed E-state index contributed by atoms with van der Waals surface area (Å²) in [5.41, 5.74) is 0.569. The lowest BCUT2D eigenvalue weighted by Gasteiger charge is -2.27. The van der Waals surface area contributed by atoms with Crippen LogP contribution in [0.4, 0.5) is 5.13 Å². The van der Waals surface area contributed by atoms with E-state index >= 15 is 0 Å². The topological polar surface area (TPSA) is 154 Å². The van der Waals surface area contributed by atoms with Crippen molar-refractivity contribution in [2.45, 2.75) is 48.0 Å². The van der Waals surface area contributed by atoms with E-state index in [1.807, 2.05) is 0 Å². The Kier molecular flexibility index (Phi) is 7.70. The second-order valence-corrected chi connectivity index (χ2v) is 12.1. The molecule has 1 unspecified atom stereocenters. The molecule has 5 rings (SSSR count). The molecule has 1 amide bonds. The number of rotatable bonds is 10. The van der Waals surface area contributed by atoms with Crippen LogP contribution >= 0.6 is 11.3 Å². The van der Waals surface area contributed by atoms with E-state index in [1.54, 1.807) is 24.3 Å². The number of amides is 1. The van der Waals surface area contributed by atoms with Gasteiger partial charge in [0.2, 0.25) is 5.13 Å². The van der Waals surface area contributed by atoms with Crippen LogP contribution in [0.3, 0.4) is 0 Å². The Morgan fingerprint density at radius 2 is 1.79 bits per heavy atom. The molecule has 0 radical (unpaired) electrons. The fourth-order valence-electron chi connectivity index (χ4n) is 3.97. The first-order valence-corrected chi connectivity index (χ1v) is 14.4. The normalized spacial score (nSPS) is 17.1. The van der Waals surface area contributed by atoms with Gasteiger partial charge in [0.1, 0.15) is 5.75 Å². The molecule has 3 aromatic rings. The van der Waals surface area contributed by atoms with Crippen molar-refractivity contribution < 1.29 is 37.3 Å². The van der Waals surface area contributed by atoms with E-state index in [0.29, 0.717) is 44.5 Å². The molecule has 2 N–H and O–H groups in total. The Balaban J connectivity index is 1.31. The maximum atomic E-state index is 13.3. The van der Waals surface area contributed by atoms with E-state index < -0.39 is 27.8 Å². The van der Waals surface area contributed by atoms with Crippen molar-refractivity contribution in [3.63, 3.8) is 0 Å². The van der Waals surface area contributed by atoms with Crippen LogP contribution in [0, 0.1) is 0 Å². The molecule has 0 bridgehead atoms. The number of nitrogens with one attached hydrogen (secondary N) is 1. The summed E-state index contributed by atoms with van der Waals surface area (Å²) >= 11 is 0.966. The number of carboxylic acid groups (broad SMARTS) is 1. The van der Waals surface area contributed by atoms with Gasteiger partial charge in [-0.1, -0.05) is 23.3 Å². The first kappa shape index (κ1) is 26.2. The van der Waals surface area contributed by atoms with Crippen molar-refractivity contribution in [1.29, 1.82) is 0 Å². The quantitative estimate of drug-likeness (QED) is 0.374. The molecule has 1 aliphatic carbocycles. The highest BCUT2D eigenvalue weighted by atomic mass is 32.2. The number of hydrogen-bond acceptors (Lipinski definition) is 10. The maximum absolute atomic E-state index is 13.3. The summed E-state index contributed by atoms with van der Waals surface area (Å²) in [6.45, 7) is 1.05. The lowest BCUT2D eigenvalue weighted by molar-refractivity contribution is -0.136. The molecule has 1 aromatic heterocycles. The standard InChI is InChI=1S/C25H25N3O8S2/c29-22(26-24-27-28-25(37-24)36-18-3-1-2-16(14-18)23(30)31)21(35-17-10-12-34-13-11-17)15-4-6-19(7-5-15)38(32,33)20-8-9-20/h1-7,14,17,20-21H,8-13H2,(H,30,31)(H,26,27,29). The van der Waals surface area contributed by atoms with Gasteiger partial charge in [0, 0.05) is 13.2 Å². The number of benzene rings is 2. The molecule has 2 aliphatic rings. The molecule has 2 fully saturated rings. The average molecular weight is 560 g/mol. The number of carbonyl (C=O) groups excluding carboxylic acids is 1. The molecule has 0 spiro atoms. The zero-order chi connectivity index (χ0) is 26.7. The van der Waals surface area contributed by atoms with Gasteiger partial charge in [0.05, 0.1) is 21.8 Å². The largest absolute Gasteiger partial charge is 0.478 e. The molecule has 11 nitrogen and oxygen atoms in total. The predicted molar refractivity (Wildman–Crippen MR) is 136 cm³/mol. The van der Waals surface area contributed by atoms with Crippen LogP contribution in [0.25, 0.3) is 0 Å². The number of aromatic nitrogens is 2. The Labute approximate surface area is 222 Å². The maximum Gasteiger partial charge on any atom is 0.335 e. The number of carboxylic acids is 1. The van der Waals surface area contributed by atoms with Gasteiger partial charge in [0.25, 0.3) is 5.91 Å². The Hall–Kier alpha value is -3.39. The van der Waals surface area contributed by atoms with Crippen molar-refractivity contribution in [2.75, 3.05) is 18.5 Å². The van der Waals surface area contributed by atoms with Gasteiger partial charge in [0.15, 0.2) is 15.9 Å². The number of ether oxygens (including phenoxy) is 3. The van der Waals surface area contributed by atoms with Crippen LogP contribution in [-0.4, -0.2) is 60.2 Å². The minimum absolute atomic E-state index is 0.0598. The minimum atomic E-state index is -3.36. The van der Waals surface area contributed by atoms with Crippen LogP contribution in [0.1, 0.15) is 47.7 Å². The lowest BCUT2D eigenvalue weighted by atomic mass is 10.1.